The van der Waals surface area contributed by atoms with Crippen molar-refractivity contribution in [3.05, 3.63) is 59.7 Å². The number of rotatable bonds is 7. The van der Waals surface area contributed by atoms with Crippen LogP contribution in [-0.4, -0.2) is 72.1 Å². The molecule has 1 aliphatic carbocycles. The minimum Gasteiger partial charge on any atom is -0.481 e. The zero-order valence-corrected chi connectivity index (χ0v) is 16.8. The number of carboxylic acids is 1. The molecule has 2 aromatic rings. The Morgan fingerprint density at radius 1 is 1.00 bits per heavy atom. The Hall–Kier alpha value is -2.90. The van der Waals surface area contributed by atoms with E-state index < -0.39 is 24.3 Å². The van der Waals surface area contributed by atoms with Crippen molar-refractivity contribution < 1.29 is 24.5 Å². The van der Waals surface area contributed by atoms with Crippen LogP contribution < -0.4 is 0 Å². The standard InChI is InChI=1S/C22H26N2O5/c1-23(2)21(27)19(12-20(25)26)24(3)22(28)29-13-18-16-10-6-4-8-14(16)15-9-5-7-11-17(15)18/h4-11,18-19,21,27H,12-13H2,1-3H3,(H,25,26)/t19-,21-/m0/s1. The third kappa shape index (κ3) is 4.26. The molecule has 2 aromatic carbocycles. The predicted octanol–water partition coefficient (Wildman–Crippen LogP) is 2.59. The fraction of sp³-hybridized carbons (Fsp3) is 0.364. The van der Waals surface area contributed by atoms with Crippen LogP contribution in [0.1, 0.15) is 23.5 Å². The number of aliphatic hydroxyl groups excluding tert-OH is 1. The van der Waals surface area contributed by atoms with E-state index >= 15 is 0 Å². The molecule has 0 fully saturated rings. The van der Waals surface area contributed by atoms with Crippen LogP contribution in [0.5, 0.6) is 0 Å². The van der Waals surface area contributed by atoms with Gasteiger partial charge in [-0.1, -0.05) is 48.5 Å². The third-order valence-corrected chi connectivity index (χ3v) is 5.38. The molecule has 29 heavy (non-hydrogen) atoms. The van der Waals surface area contributed by atoms with Crippen LogP contribution in [0, 0.1) is 0 Å². The van der Waals surface area contributed by atoms with Crippen LogP contribution in [0.15, 0.2) is 48.5 Å². The highest BCUT2D eigenvalue weighted by Gasteiger charge is 2.33. The summed E-state index contributed by atoms with van der Waals surface area (Å²) in [6, 6.07) is 15.1. The van der Waals surface area contributed by atoms with Crippen molar-refractivity contribution in [1.29, 1.82) is 0 Å². The van der Waals surface area contributed by atoms with Gasteiger partial charge in [0.1, 0.15) is 12.8 Å². The quantitative estimate of drug-likeness (QED) is 0.697. The number of aliphatic carboxylic acids is 1. The number of nitrogens with zero attached hydrogens (tertiary/aromatic N) is 2. The molecule has 0 saturated carbocycles. The van der Waals surface area contributed by atoms with E-state index in [0.29, 0.717) is 0 Å². The molecule has 0 saturated heterocycles. The van der Waals surface area contributed by atoms with E-state index in [1.807, 2.05) is 36.4 Å². The number of likely N-dealkylation sites (N-methyl/N-ethyl adjacent to an activating group) is 2. The molecule has 2 N–H and O–H groups in total. The predicted molar refractivity (Wildman–Crippen MR) is 109 cm³/mol. The number of hydrogen-bond acceptors (Lipinski definition) is 5. The van der Waals surface area contributed by atoms with E-state index in [2.05, 4.69) is 12.1 Å². The molecule has 0 radical (unpaired) electrons. The van der Waals surface area contributed by atoms with E-state index in [1.54, 1.807) is 14.1 Å². The first-order valence-corrected chi connectivity index (χ1v) is 9.45. The van der Waals surface area contributed by atoms with Crippen LogP contribution in [0.4, 0.5) is 4.79 Å². The molecule has 154 valence electrons. The summed E-state index contributed by atoms with van der Waals surface area (Å²) in [4.78, 5) is 26.5. The van der Waals surface area contributed by atoms with Gasteiger partial charge in [0.05, 0.1) is 12.5 Å². The summed E-state index contributed by atoms with van der Waals surface area (Å²) in [5.41, 5.74) is 4.45. The number of hydrogen-bond donors (Lipinski definition) is 2. The lowest BCUT2D eigenvalue weighted by Crippen LogP contribution is -2.51. The second kappa shape index (κ2) is 8.63. The maximum absolute atomic E-state index is 12.7. The number of carbonyl (C=O) groups excluding carboxylic acids is 1. The zero-order chi connectivity index (χ0) is 21.1. The number of aliphatic hydroxyl groups is 1. The SMILES string of the molecule is CN(C)[C@@H](O)[C@H](CC(=O)O)N(C)C(=O)OCC1c2ccccc2-c2ccccc21. The van der Waals surface area contributed by atoms with Gasteiger partial charge in [-0.05, 0) is 36.3 Å². The minimum atomic E-state index is -1.13. The fourth-order valence-electron chi connectivity index (χ4n) is 3.80. The number of benzene rings is 2. The zero-order valence-electron chi connectivity index (χ0n) is 16.8. The Balaban J connectivity index is 1.75. The van der Waals surface area contributed by atoms with Gasteiger partial charge >= 0.3 is 12.1 Å². The van der Waals surface area contributed by atoms with Crippen LogP contribution >= 0.6 is 0 Å². The largest absolute Gasteiger partial charge is 0.481 e. The molecule has 0 heterocycles. The second-order valence-electron chi connectivity index (χ2n) is 7.46. The number of ether oxygens (including phenoxy) is 1. The Morgan fingerprint density at radius 3 is 2.00 bits per heavy atom. The lowest BCUT2D eigenvalue weighted by atomic mass is 9.98. The molecular formula is C22H26N2O5. The molecule has 3 rings (SSSR count). The number of carbonyl (C=O) groups is 2. The van der Waals surface area contributed by atoms with Gasteiger partial charge in [-0.25, -0.2) is 4.79 Å². The van der Waals surface area contributed by atoms with E-state index in [-0.39, 0.29) is 18.9 Å². The summed E-state index contributed by atoms with van der Waals surface area (Å²) in [6.45, 7) is 0.134. The molecular weight excluding hydrogens is 372 g/mol. The number of carboxylic acid groups (broad SMARTS) is 1. The summed E-state index contributed by atoms with van der Waals surface area (Å²) in [6.07, 6.45) is -2.18. The molecule has 0 bridgehead atoms. The molecule has 0 aromatic heterocycles. The van der Waals surface area contributed by atoms with Gasteiger partial charge in [0.2, 0.25) is 0 Å². The average molecular weight is 398 g/mol. The van der Waals surface area contributed by atoms with E-state index in [9.17, 15) is 14.7 Å². The van der Waals surface area contributed by atoms with Crippen molar-refractivity contribution >= 4 is 12.1 Å². The monoisotopic (exact) mass is 398 g/mol. The normalized spacial score (nSPS) is 14.8. The highest BCUT2D eigenvalue weighted by atomic mass is 16.6. The number of amides is 1. The van der Waals surface area contributed by atoms with Gasteiger partial charge < -0.3 is 19.8 Å². The molecule has 7 heteroatoms. The number of fused-ring (bicyclic) bond motifs is 3. The molecule has 7 nitrogen and oxygen atoms in total. The lowest BCUT2D eigenvalue weighted by molar-refractivity contribution is -0.140. The van der Waals surface area contributed by atoms with Crippen molar-refractivity contribution in [2.75, 3.05) is 27.7 Å². The Kier molecular flexibility index (Phi) is 6.20. The van der Waals surface area contributed by atoms with Gasteiger partial charge in [-0.3, -0.25) is 9.69 Å². The van der Waals surface area contributed by atoms with Crippen molar-refractivity contribution in [2.24, 2.45) is 0 Å². The highest BCUT2D eigenvalue weighted by Crippen LogP contribution is 2.44. The summed E-state index contributed by atoms with van der Waals surface area (Å²) in [5, 5.41) is 19.5. The smallest absolute Gasteiger partial charge is 0.409 e. The first-order chi connectivity index (χ1) is 13.8. The molecule has 0 unspecified atom stereocenters. The maximum Gasteiger partial charge on any atom is 0.409 e. The summed E-state index contributed by atoms with van der Waals surface area (Å²) in [7, 11) is 4.68. The summed E-state index contributed by atoms with van der Waals surface area (Å²) >= 11 is 0. The fourth-order valence-corrected chi connectivity index (χ4v) is 3.80. The van der Waals surface area contributed by atoms with Crippen molar-refractivity contribution in [2.45, 2.75) is 24.6 Å². The van der Waals surface area contributed by atoms with Crippen LogP contribution in [0.2, 0.25) is 0 Å². The Morgan fingerprint density at radius 2 is 1.52 bits per heavy atom. The third-order valence-electron chi connectivity index (χ3n) is 5.38. The maximum atomic E-state index is 12.7. The molecule has 2 atom stereocenters. The molecule has 1 amide bonds. The van der Waals surface area contributed by atoms with Gasteiger partial charge in [-0.15, -0.1) is 0 Å². The minimum absolute atomic E-state index is 0.0866. The lowest BCUT2D eigenvalue weighted by Gasteiger charge is -2.33. The molecule has 0 aliphatic heterocycles. The average Bonchev–Trinajstić information content (AvgIpc) is 3.03. The Bertz CT molecular complexity index is 853. The first kappa shape index (κ1) is 20.8. The van der Waals surface area contributed by atoms with Gasteiger partial charge in [-0.2, -0.15) is 0 Å². The van der Waals surface area contributed by atoms with E-state index in [0.717, 1.165) is 27.2 Å². The molecule has 0 spiro atoms. The summed E-state index contributed by atoms with van der Waals surface area (Å²) < 4.78 is 5.56. The van der Waals surface area contributed by atoms with E-state index in [4.69, 9.17) is 9.84 Å². The highest BCUT2D eigenvalue weighted by molar-refractivity contribution is 5.79. The van der Waals surface area contributed by atoms with Crippen LogP contribution in [0.25, 0.3) is 11.1 Å². The van der Waals surface area contributed by atoms with Gasteiger partial charge in [0, 0.05) is 13.0 Å². The van der Waals surface area contributed by atoms with Crippen molar-refractivity contribution in [3.63, 3.8) is 0 Å². The van der Waals surface area contributed by atoms with Crippen LogP contribution in [-0.2, 0) is 9.53 Å². The summed E-state index contributed by atoms with van der Waals surface area (Å²) in [5.74, 6) is -1.19. The Labute approximate surface area is 170 Å². The van der Waals surface area contributed by atoms with Crippen molar-refractivity contribution in [3.8, 4) is 11.1 Å². The molecule has 1 aliphatic rings. The first-order valence-electron chi connectivity index (χ1n) is 9.45. The van der Waals surface area contributed by atoms with Gasteiger partial charge in [0.25, 0.3) is 0 Å². The topological polar surface area (TPSA) is 90.3 Å². The van der Waals surface area contributed by atoms with Crippen molar-refractivity contribution in [1.82, 2.24) is 9.80 Å². The van der Waals surface area contributed by atoms with Gasteiger partial charge in [0.15, 0.2) is 0 Å². The van der Waals surface area contributed by atoms with Crippen LogP contribution in [0.3, 0.4) is 0 Å². The second-order valence-corrected chi connectivity index (χ2v) is 7.46. The van der Waals surface area contributed by atoms with E-state index in [1.165, 1.54) is 11.9 Å².